The van der Waals surface area contributed by atoms with Crippen molar-refractivity contribution in [1.82, 2.24) is 24.7 Å². The highest BCUT2D eigenvalue weighted by Gasteiger charge is 2.00. The van der Waals surface area contributed by atoms with Gasteiger partial charge in [0.1, 0.15) is 6.33 Å². The van der Waals surface area contributed by atoms with Gasteiger partial charge in [0.25, 0.3) is 0 Å². The Balaban J connectivity index is 2.18. The van der Waals surface area contributed by atoms with Crippen molar-refractivity contribution >= 4 is 17.7 Å². The van der Waals surface area contributed by atoms with Crippen LogP contribution in [-0.4, -0.2) is 24.7 Å². The Morgan fingerprint density at radius 3 is 2.93 bits per heavy atom. The lowest BCUT2D eigenvalue weighted by Crippen LogP contribution is -2.02. The van der Waals surface area contributed by atoms with Crippen molar-refractivity contribution in [3.63, 3.8) is 0 Å². The molecule has 72 valence electrons. The number of nitrogens with one attached hydrogen (secondary N) is 1. The quantitative estimate of drug-likeness (QED) is 0.690. The number of aromatic nitrogens is 5. The number of anilines is 3. The summed E-state index contributed by atoms with van der Waals surface area (Å²) < 4.78 is 1.67. The SMILES string of the molecule is Cn1ccc(Nc2ncnc(N)n2)n1. The summed E-state index contributed by atoms with van der Waals surface area (Å²) in [5, 5.41) is 6.99. The molecule has 2 heterocycles. The van der Waals surface area contributed by atoms with Crippen molar-refractivity contribution in [2.45, 2.75) is 0 Å². The highest BCUT2D eigenvalue weighted by molar-refractivity contribution is 5.47. The normalized spacial score (nSPS) is 10.1. The molecule has 14 heavy (non-hydrogen) atoms. The molecule has 2 aromatic heterocycles. The molecule has 0 aromatic carbocycles. The number of nitrogens with zero attached hydrogens (tertiary/aromatic N) is 5. The zero-order chi connectivity index (χ0) is 9.97. The summed E-state index contributed by atoms with van der Waals surface area (Å²) in [7, 11) is 1.83. The fourth-order valence-electron chi connectivity index (χ4n) is 0.965. The minimum atomic E-state index is 0.179. The molecule has 0 aliphatic carbocycles. The average Bonchev–Trinajstić information content (AvgIpc) is 2.51. The Morgan fingerprint density at radius 1 is 1.43 bits per heavy atom. The van der Waals surface area contributed by atoms with Crippen LogP contribution in [-0.2, 0) is 7.05 Å². The van der Waals surface area contributed by atoms with E-state index in [-0.39, 0.29) is 5.95 Å². The first kappa shape index (κ1) is 8.42. The van der Waals surface area contributed by atoms with Gasteiger partial charge in [-0.15, -0.1) is 0 Å². The first-order chi connectivity index (χ1) is 6.74. The smallest absolute Gasteiger partial charge is 0.233 e. The van der Waals surface area contributed by atoms with Crippen molar-refractivity contribution in [3.8, 4) is 0 Å². The number of nitrogens with two attached hydrogens (primary N) is 1. The first-order valence-electron chi connectivity index (χ1n) is 3.95. The minimum absolute atomic E-state index is 0.179. The number of rotatable bonds is 2. The maximum atomic E-state index is 5.39. The fraction of sp³-hybridized carbons (Fsp3) is 0.143. The van der Waals surface area contributed by atoms with Gasteiger partial charge in [-0.2, -0.15) is 10.1 Å². The summed E-state index contributed by atoms with van der Waals surface area (Å²) in [6.07, 6.45) is 3.15. The molecular formula is C7H9N7. The molecule has 7 nitrogen and oxygen atoms in total. The van der Waals surface area contributed by atoms with Crippen molar-refractivity contribution in [1.29, 1.82) is 0 Å². The van der Waals surface area contributed by atoms with Crippen LogP contribution < -0.4 is 11.1 Å². The average molecular weight is 191 g/mol. The molecule has 0 saturated heterocycles. The van der Waals surface area contributed by atoms with Gasteiger partial charge in [-0.1, -0.05) is 0 Å². The Kier molecular flexibility index (Phi) is 1.98. The van der Waals surface area contributed by atoms with E-state index in [1.165, 1.54) is 6.33 Å². The van der Waals surface area contributed by atoms with Gasteiger partial charge in [0.2, 0.25) is 11.9 Å². The number of nitrogen functional groups attached to an aromatic ring is 1. The Labute approximate surface area is 80.0 Å². The van der Waals surface area contributed by atoms with Gasteiger partial charge in [-0.05, 0) is 0 Å². The molecule has 0 spiro atoms. The maximum absolute atomic E-state index is 5.39. The second kappa shape index (κ2) is 3.29. The Morgan fingerprint density at radius 2 is 2.29 bits per heavy atom. The number of aryl methyl sites for hydroxylation is 1. The van der Waals surface area contributed by atoms with Gasteiger partial charge < -0.3 is 11.1 Å². The summed E-state index contributed by atoms with van der Waals surface area (Å²) in [5.41, 5.74) is 5.39. The van der Waals surface area contributed by atoms with E-state index < -0.39 is 0 Å². The molecule has 0 aliphatic rings. The van der Waals surface area contributed by atoms with Gasteiger partial charge >= 0.3 is 0 Å². The molecule has 0 amide bonds. The van der Waals surface area contributed by atoms with Crippen LogP contribution in [0.1, 0.15) is 0 Å². The third-order valence-corrected chi connectivity index (χ3v) is 1.54. The molecule has 0 radical (unpaired) electrons. The predicted molar refractivity (Wildman–Crippen MR) is 50.7 cm³/mol. The van der Waals surface area contributed by atoms with E-state index in [1.54, 1.807) is 10.7 Å². The minimum Gasteiger partial charge on any atom is -0.368 e. The second-order valence-corrected chi connectivity index (χ2v) is 2.67. The molecule has 0 aliphatic heterocycles. The predicted octanol–water partition coefficient (Wildman–Crippen LogP) is -0.0691. The molecular weight excluding hydrogens is 182 g/mol. The van der Waals surface area contributed by atoms with E-state index in [1.807, 2.05) is 13.2 Å². The van der Waals surface area contributed by atoms with Crippen LogP contribution >= 0.6 is 0 Å². The van der Waals surface area contributed by atoms with Crippen molar-refractivity contribution in [3.05, 3.63) is 18.6 Å². The molecule has 2 aromatic rings. The van der Waals surface area contributed by atoms with E-state index in [4.69, 9.17) is 5.73 Å². The molecule has 0 atom stereocenters. The van der Waals surface area contributed by atoms with E-state index in [0.717, 1.165) is 0 Å². The van der Waals surface area contributed by atoms with Crippen molar-refractivity contribution in [2.24, 2.45) is 7.05 Å². The van der Waals surface area contributed by atoms with E-state index in [0.29, 0.717) is 11.8 Å². The van der Waals surface area contributed by atoms with Gasteiger partial charge in [0, 0.05) is 19.3 Å². The van der Waals surface area contributed by atoms with Crippen LogP contribution in [0.4, 0.5) is 17.7 Å². The third-order valence-electron chi connectivity index (χ3n) is 1.54. The highest BCUT2D eigenvalue weighted by atomic mass is 15.3. The fourth-order valence-corrected chi connectivity index (χ4v) is 0.965. The maximum Gasteiger partial charge on any atom is 0.233 e. The molecule has 0 unspecified atom stereocenters. The molecule has 2 rings (SSSR count). The topological polar surface area (TPSA) is 94.5 Å². The molecule has 7 heteroatoms. The van der Waals surface area contributed by atoms with Crippen molar-refractivity contribution in [2.75, 3.05) is 11.1 Å². The summed E-state index contributed by atoms with van der Waals surface area (Å²) in [5.74, 6) is 1.23. The van der Waals surface area contributed by atoms with Gasteiger partial charge in [-0.25, -0.2) is 9.97 Å². The zero-order valence-electron chi connectivity index (χ0n) is 7.55. The monoisotopic (exact) mass is 191 g/mol. The van der Waals surface area contributed by atoms with Crippen LogP contribution in [0.2, 0.25) is 0 Å². The van der Waals surface area contributed by atoms with E-state index in [9.17, 15) is 0 Å². The number of hydrogen-bond donors (Lipinski definition) is 2. The largest absolute Gasteiger partial charge is 0.368 e. The standard InChI is InChI=1S/C7H9N7/c1-14-3-2-5(13-14)11-7-10-4-9-6(8)12-7/h2-4H,1H3,(H3,8,9,10,11,12,13). The third kappa shape index (κ3) is 1.76. The summed E-state index contributed by atoms with van der Waals surface area (Å²) in [6, 6.07) is 1.81. The summed E-state index contributed by atoms with van der Waals surface area (Å²) in [4.78, 5) is 11.4. The van der Waals surface area contributed by atoms with Crippen LogP contribution in [0.25, 0.3) is 0 Å². The first-order valence-corrected chi connectivity index (χ1v) is 3.95. The van der Waals surface area contributed by atoms with E-state index in [2.05, 4.69) is 25.4 Å². The van der Waals surface area contributed by atoms with Crippen LogP contribution in [0.15, 0.2) is 18.6 Å². The van der Waals surface area contributed by atoms with Crippen LogP contribution in [0.5, 0.6) is 0 Å². The molecule has 0 bridgehead atoms. The summed E-state index contributed by atoms with van der Waals surface area (Å²) in [6.45, 7) is 0. The van der Waals surface area contributed by atoms with Gasteiger partial charge in [0.05, 0.1) is 0 Å². The van der Waals surface area contributed by atoms with Crippen LogP contribution in [0, 0.1) is 0 Å². The lowest BCUT2D eigenvalue weighted by Gasteiger charge is -1.99. The molecule has 0 fully saturated rings. The molecule has 3 N–H and O–H groups in total. The Bertz CT molecular complexity index is 435. The lowest BCUT2D eigenvalue weighted by atomic mass is 10.6. The van der Waals surface area contributed by atoms with Crippen molar-refractivity contribution < 1.29 is 0 Å². The number of hydrogen-bond acceptors (Lipinski definition) is 6. The zero-order valence-corrected chi connectivity index (χ0v) is 7.55. The molecule has 0 saturated carbocycles. The van der Waals surface area contributed by atoms with Crippen LogP contribution in [0.3, 0.4) is 0 Å². The van der Waals surface area contributed by atoms with E-state index >= 15 is 0 Å². The Hall–Kier alpha value is -2.18. The summed E-state index contributed by atoms with van der Waals surface area (Å²) >= 11 is 0. The lowest BCUT2D eigenvalue weighted by molar-refractivity contribution is 0.770. The van der Waals surface area contributed by atoms with Gasteiger partial charge in [0.15, 0.2) is 5.82 Å². The van der Waals surface area contributed by atoms with Gasteiger partial charge in [-0.3, -0.25) is 4.68 Å². The highest BCUT2D eigenvalue weighted by Crippen LogP contribution is 2.08. The second-order valence-electron chi connectivity index (χ2n) is 2.67.